The topological polar surface area (TPSA) is 48.3 Å². The Morgan fingerprint density at radius 3 is 2.53 bits per heavy atom. The maximum absolute atomic E-state index is 13.0. The number of amides is 1. The number of carbonyl (C=O) groups is 1. The van der Waals surface area contributed by atoms with Crippen LogP contribution in [0.1, 0.15) is 42.9 Å². The molecular weight excluding hydrogens is 392 g/mol. The molecule has 1 fully saturated rings. The van der Waals surface area contributed by atoms with Gasteiger partial charge in [0.05, 0.1) is 18.0 Å². The standard InChI is InChI=1S/C24H30N4OS/c1-5-6-11-22-23(29)28(17-20-10-8-7-9-18(20)2)24(30-22)26-25-16-19-12-14-21(15-13-19)27(3)4/h7-10,12-16,22H,5-6,11,17H2,1-4H3/b25-16+,26-24+. The van der Waals surface area contributed by atoms with Gasteiger partial charge in [-0.3, -0.25) is 9.69 Å². The molecule has 0 saturated carbocycles. The number of thioether (sulfide) groups is 1. The van der Waals surface area contributed by atoms with E-state index in [1.807, 2.05) is 50.5 Å². The molecule has 0 N–H and O–H groups in total. The van der Waals surface area contributed by atoms with E-state index in [0.29, 0.717) is 11.7 Å². The Hall–Kier alpha value is -2.60. The summed E-state index contributed by atoms with van der Waals surface area (Å²) in [5.41, 5.74) is 4.43. The Bertz CT molecular complexity index is 921. The summed E-state index contributed by atoms with van der Waals surface area (Å²) in [7, 11) is 4.03. The number of unbranched alkanes of at least 4 members (excludes halogenated alkanes) is 1. The molecule has 0 spiro atoms. The molecule has 1 heterocycles. The summed E-state index contributed by atoms with van der Waals surface area (Å²) in [6.45, 7) is 4.76. The Morgan fingerprint density at radius 1 is 1.13 bits per heavy atom. The van der Waals surface area contributed by atoms with Gasteiger partial charge in [0, 0.05) is 19.8 Å². The molecule has 30 heavy (non-hydrogen) atoms. The van der Waals surface area contributed by atoms with Crippen molar-refractivity contribution in [2.75, 3.05) is 19.0 Å². The van der Waals surface area contributed by atoms with Crippen LogP contribution < -0.4 is 4.90 Å². The average molecular weight is 423 g/mol. The molecule has 1 saturated heterocycles. The second kappa shape index (κ2) is 10.4. The number of carbonyl (C=O) groups excluding carboxylic acids is 1. The van der Waals surface area contributed by atoms with Gasteiger partial charge in [0.2, 0.25) is 5.91 Å². The number of nitrogens with zero attached hydrogens (tertiary/aromatic N) is 4. The number of hydrogen-bond acceptors (Lipinski definition) is 5. The summed E-state index contributed by atoms with van der Waals surface area (Å²) in [6.07, 6.45) is 4.73. The summed E-state index contributed by atoms with van der Waals surface area (Å²) in [4.78, 5) is 16.9. The number of benzene rings is 2. The Balaban J connectivity index is 1.79. The minimum absolute atomic E-state index is 0.0673. The third kappa shape index (κ3) is 5.51. The Kier molecular flexibility index (Phi) is 7.69. The van der Waals surface area contributed by atoms with Gasteiger partial charge >= 0.3 is 0 Å². The lowest BCUT2D eigenvalue weighted by Crippen LogP contribution is -2.31. The summed E-state index contributed by atoms with van der Waals surface area (Å²) in [5.74, 6) is 0.140. The van der Waals surface area contributed by atoms with Crippen LogP contribution in [0.2, 0.25) is 0 Å². The van der Waals surface area contributed by atoms with Crippen molar-refractivity contribution in [3.63, 3.8) is 0 Å². The largest absolute Gasteiger partial charge is 0.378 e. The van der Waals surface area contributed by atoms with Gasteiger partial charge in [-0.1, -0.05) is 67.9 Å². The highest BCUT2D eigenvalue weighted by atomic mass is 32.2. The van der Waals surface area contributed by atoms with Gasteiger partial charge in [0.15, 0.2) is 5.17 Å². The monoisotopic (exact) mass is 422 g/mol. The van der Waals surface area contributed by atoms with Crippen molar-refractivity contribution in [2.45, 2.75) is 44.9 Å². The fourth-order valence-electron chi connectivity index (χ4n) is 3.27. The molecule has 1 unspecified atom stereocenters. The van der Waals surface area contributed by atoms with Crippen LogP contribution in [0, 0.1) is 6.92 Å². The van der Waals surface area contributed by atoms with Crippen LogP contribution in [-0.2, 0) is 11.3 Å². The summed E-state index contributed by atoms with van der Waals surface area (Å²) in [6, 6.07) is 16.3. The van der Waals surface area contributed by atoms with Gasteiger partial charge in [-0.2, -0.15) is 5.10 Å². The molecule has 2 aromatic rings. The second-order valence-corrected chi connectivity index (χ2v) is 8.88. The Labute approximate surface area is 183 Å². The average Bonchev–Trinajstić information content (AvgIpc) is 3.03. The van der Waals surface area contributed by atoms with E-state index in [0.717, 1.165) is 36.1 Å². The van der Waals surface area contributed by atoms with Crippen molar-refractivity contribution in [3.05, 3.63) is 65.2 Å². The van der Waals surface area contributed by atoms with Crippen LogP contribution in [-0.4, -0.2) is 41.5 Å². The van der Waals surface area contributed by atoms with Gasteiger partial charge < -0.3 is 4.90 Å². The van der Waals surface area contributed by atoms with Crippen molar-refractivity contribution >= 4 is 34.7 Å². The van der Waals surface area contributed by atoms with Gasteiger partial charge in [0.25, 0.3) is 0 Å². The number of rotatable bonds is 8. The predicted molar refractivity (Wildman–Crippen MR) is 128 cm³/mol. The molecule has 5 nitrogen and oxygen atoms in total. The van der Waals surface area contributed by atoms with E-state index in [1.165, 1.54) is 17.3 Å². The van der Waals surface area contributed by atoms with Gasteiger partial charge in [-0.15, -0.1) is 5.10 Å². The number of hydrogen-bond donors (Lipinski definition) is 0. The number of anilines is 1. The predicted octanol–water partition coefficient (Wildman–Crippen LogP) is 5.09. The van der Waals surface area contributed by atoms with E-state index in [2.05, 4.69) is 41.1 Å². The van der Waals surface area contributed by atoms with Crippen LogP contribution in [0.4, 0.5) is 5.69 Å². The first kappa shape index (κ1) is 22.1. The van der Waals surface area contributed by atoms with Gasteiger partial charge in [-0.25, -0.2) is 0 Å². The highest BCUT2D eigenvalue weighted by Crippen LogP contribution is 2.32. The molecule has 6 heteroatoms. The molecule has 1 amide bonds. The SMILES string of the molecule is CCCCC1S/C(=N/N=C/c2ccc(N(C)C)cc2)N(Cc2ccccc2C)C1=O. The van der Waals surface area contributed by atoms with Crippen molar-refractivity contribution in [1.82, 2.24) is 4.90 Å². The summed E-state index contributed by atoms with van der Waals surface area (Å²) in [5, 5.41) is 9.35. The van der Waals surface area contributed by atoms with E-state index in [-0.39, 0.29) is 11.2 Å². The first-order valence-corrected chi connectivity index (χ1v) is 11.3. The molecule has 1 aliphatic rings. The fourth-order valence-corrected chi connectivity index (χ4v) is 4.41. The van der Waals surface area contributed by atoms with Crippen LogP contribution in [0.5, 0.6) is 0 Å². The quantitative estimate of drug-likeness (QED) is 0.440. The van der Waals surface area contributed by atoms with E-state index in [4.69, 9.17) is 0 Å². The van der Waals surface area contributed by atoms with Gasteiger partial charge in [0.1, 0.15) is 0 Å². The lowest BCUT2D eigenvalue weighted by molar-refractivity contribution is -0.126. The molecule has 1 atom stereocenters. The minimum atomic E-state index is -0.0673. The molecule has 0 aromatic heterocycles. The smallest absolute Gasteiger partial charge is 0.242 e. The summed E-state index contributed by atoms with van der Waals surface area (Å²) < 4.78 is 0. The van der Waals surface area contributed by atoms with E-state index in [9.17, 15) is 4.79 Å². The third-order valence-corrected chi connectivity index (χ3v) is 6.42. The third-order valence-electron chi connectivity index (χ3n) is 5.19. The zero-order valence-corrected chi connectivity index (χ0v) is 19.0. The van der Waals surface area contributed by atoms with E-state index in [1.54, 1.807) is 11.1 Å². The molecule has 2 aromatic carbocycles. The zero-order valence-electron chi connectivity index (χ0n) is 18.2. The second-order valence-electron chi connectivity index (χ2n) is 7.71. The first-order chi connectivity index (χ1) is 14.5. The molecular formula is C24H30N4OS. The fraction of sp³-hybridized carbons (Fsp3) is 0.375. The molecule has 0 aliphatic carbocycles. The molecule has 0 radical (unpaired) electrons. The zero-order chi connectivity index (χ0) is 21.5. The lowest BCUT2D eigenvalue weighted by Gasteiger charge is -2.17. The molecule has 1 aliphatic heterocycles. The molecule has 3 rings (SSSR count). The molecule has 158 valence electrons. The Morgan fingerprint density at radius 2 is 1.87 bits per heavy atom. The summed E-state index contributed by atoms with van der Waals surface area (Å²) >= 11 is 1.54. The van der Waals surface area contributed by atoms with Crippen LogP contribution >= 0.6 is 11.8 Å². The highest BCUT2D eigenvalue weighted by molar-refractivity contribution is 8.15. The van der Waals surface area contributed by atoms with E-state index >= 15 is 0 Å². The van der Waals surface area contributed by atoms with E-state index < -0.39 is 0 Å². The van der Waals surface area contributed by atoms with Crippen LogP contribution in [0.25, 0.3) is 0 Å². The maximum atomic E-state index is 13.0. The highest BCUT2D eigenvalue weighted by Gasteiger charge is 2.37. The van der Waals surface area contributed by atoms with Crippen molar-refractivity contribution in [3.8, 4) is 0 Å². The van der Waals surface area contributed by atoms with Crippen molar-refractivity contribution in [1.29, 1.82) is 0 Å². The van der Waals surface area contributed by atoms with Gasteiger partial charge in [-0.05, 0) is 42.2 Å². The maximum Gasteiger partial charge on any atom is 0.242 e. The lowest BCUT2D eigenvalue weighted by atomic mass is 10.1. The van der Waals surface area contributed by atoms with Crippen LogP contribution in [0.15, 0.2) is 58.7 Å². The number of amidine groups is 1. The van der Waals surface area contributed by atoms with Crippen LogP contribution in [0.3, 0.4) is 0 Å². The molecule has 0 bridgehead atoms. The minimum Gasteiger partial charge on any atom is -0.378 e. The first-order valence-electron chi connectivity index (χ1n) is 10.4. The normalized spacial score (nSPS) is 18.0. The van der Waals surface area contributed by atoms with Crippen molar-refractivity contribution < 1.29 is 4.79 Å². The number of aryl methyl sites for hydroxylation is 1. The van der Waals surface area contributed by atoms with Crippen molar-refractivity contribution in [2.24, 2.45) is 10.2 Å².